The van der Waals surface area contributed by atoms with Gasteiger partial charge in [0, 0.05) is 30.0 Å². The van der Waals surface area contributed by atoms with E-state index in [4.69, 9.17) is 11.6 Å². The zero-order valence-corrected chi connectivity index (χ0v) is 13.6. The van der Waals surface area contributed by atoms with Gasteiger partial charge in [-0.15, -0.1) is 0 Å². The Morgan fingerprint density at radius 3 is 2.91 bits per heavy atom. The predicted molar refractivity (Wildman–Crippen MR) is 88.5 cm³/mol. The fourth-order valence-electron chi connectivity index (χ4n) is 3.73. The van der Waals surface area contributed by atoms with Crippen LogP contribution in [0.15, 0.2) is 24.3 Å². The lowest BCUT2D eigenvalue weighted by Crippen LogP contribution is -2.60. The van der Waals surface area contributed by atoms with Crippen molar-refractivity contribution >= 4 is 34.3 Å². The molecule has 2 fully saturated rings. The Morgan fingerprint density at radius 1 is 1.35 bits per heavy atom. The summed E-state index contributed by atoms with van der Waals surface area (Å²) in [6.07, 6.45) is 1.97. The molecule has 2 aliphatic heterocycles. The van der Waals surface area contributed by atoms with Crippen molar-refractivity contribution in [2.45, 2.75) is 31.8 Å². The number of fused-ring (bicyclic) bond motifs is 2. The van der Waals surface area contributed by atoms with E-state index in [1.54, 1.807) is 11.8 Å². The van der Waals surface area contributed by atoms with Gasteiger partial charge in [0.25, 0.3) is 5.91 Å². The van der Waals surface area contributed by atoms with Crippen LogP contribution in [0.25, 0.3) is 10.9 Å². The number of piperazine rings is 1. The van der Waals surface area contributed by atoms with E-state index in [2.05, 4.69) is 4.98 Å². The first-order chi connectivity index (χ1) is 11.1. The molecule has 2 aromatic rings. The highest BCUT2D eigenvalue weighted by Crippen LogP contribution is 2.31. The van der Waals surface area contributed by atoms with E-state index >= 15 is 0 Å². The summed E-state index contributed by atoms with van der Waals surface area (Å²) in [5.74, 6) is -0.155. The van der Waals surface area contributed by atoms with Crippen LogP contribution in [0.1, 0.15) is 30.3 Å². The summed E-state index contributed by atoms with van der Waals surface area (Å²) in [5, 5.41) is 1.26. The number of para-hydroxylation sites is 1. The van der Waals surface area contributed by atoms with Gasteiger partial charge in [-0.05, 0) is 25.8 Å². The molecule has 0 aliphatic carbocycles. The molecule has 0 spiro atoms. The number of aromatic nitrogens is 1. The van der Waals surface area contributed by atoms with Gasteiger partial charge in [0.15, 0.2) is 0 Å². The van der Waals surface area contributed by atoms with Crippen molar-refractivity contribution in [2.24, 2.45) is 0 Å². The van der Waals surface area contributed by atoms with Crippen LogP contribution in [0.4, 0.5) is 0 Å². The quantitative estimate of drug-likeness (QED) is 0.873. The third-order valence-corrected chi connectivity index (χ3v) is 5.40. The Morgan fingerprint density at radius 2 is 2.13 bits per heavy atom. The van der Waals surface area contributed by atoms with Crippen molar-refractivity contribution in [2.75, 3.05) is 13.1 Å². The standard InChI is InChI=1S/C17H18ClN3O2/c1-10-16(22)20-8-4-5-11(20)9-21(10)17(23)15-14(18)12-6-2-3-7-13(12)19-15/h2-3,6-7,10-11,19H,4-5,8-9H2,1H3/t10-,11+/m1/s1. The largest absolute Gasteiger partial charge is 0.349 e. The molecule has 2 atom stereocenters. The minimum Gasteiger partial charge on any atom is -0.349 e. The van der Waals surface area contributed by atoms with E-state index in [1.165, 1.54) is 0 Å². The number of nitrogens with one attached hydrogen (secondary N) is 1. The third kappa shape index (κ3) is 2.14. The molecule has 0 bridgehead atoms. The summed E-state index contributed by atoms with van der Waals surface area (Å²) in [4.78, 5) is 32.2. The van der Waals surface area contributed by atoms with E-state index in [0.29, 0.717) is 17.3 Å². The zero-order chi connectivity index (χ0) is 16.1. The second kappa shape index (κ2) is 5.27. The number of nitrogens with zero attached hydrogens (tertiary/aromatic N) is 2. The molecule has 0 saturated carbocycles. The lowest BCUT2D eigenvalue weighted by Gasteiger charge is -2.41. The second-order valence-corrected chi connectivity index (χ2v) is 6.70. The van der Waals surface area contributed by atoms with Crippen molar-refractivity contribution in [3.8, 4) is 0 Å². The first-order valence-corrected chi connectivity index (χ1v) is 8.33. The van der Waals surface area contributed by atoms with Crippen LogP contribution in [0.5, 0.6) is 0 Å². The first-order valence-electron chi connectivity index (χ1n) is 7.95. The summed E-state index contributed by atoms with van der Waals surface area (Å²) >= 11 is 6.39. The molecule has 1 N–H and O–H groups in total. The van der Waals surface area contributed by atoms with Gasteiger partial charge < -0.3 is 14.8 Å². The van der Waals surface area contributed by atoms with Crippen molar-refractivity contribution in [3.63, 3.8) is 0 Å². The number of hydrogen-bond donors (Lipinski definition) is 1. The molecule has 6 heteroatoms. The fraction of sp³-hybridized carbons (Fsp3) is 0.412. The third-order valence-electron chi connectivity index (χ3n) is 5.01. The van der Waals surface area contributed by atoms with E-state index in [-0.39, 0.29) is 17.9 Å². The average molecular weight is 332 g/mol. The molecule has 4 rings (SSSR count). The van der Waals surface area contributed by atoms with Crippen molar-refractivity contribution < 1.29 is 9.59 Å². The maximum atomic E-state index is 13.0. The van der Waals surface area contributed by atoms with Crippen LogP contribution in [0.3, 0.4) is 0 Å². The van der Waals surface area contributed by atoms with Crippen molar-refractivity contribution in [1.82, 2.24) is 14.8 Å². The van der Waals surface area contributed by atoms with Gasteiger partial charge in [-0.2, -0.15) is 0 Å². The maximum Gasteiger partial charge on any atom is 0.272 e. The Hall–Kier alpha value is -2.01. The van der Waals surface area contributed by atoms with Gasteiger partial charge in [-0.3, -0.25) is 9.59 Å². The maximum absolute atomic E-state index is 13.0. The Balaban J connectivity index is 1.70. The summed E-state index contributed by atoms with van der Waals surface area (Å²) in [7, 11) is 0. The SMILES string of the molecule is C[C@@H]1C(=O)N2CCC[C@H]2CN1C(=O)c1[nH]c2ccccc2c1Cl. The minimum atomic E-state index is -0.445. The second-order valence-electron chi connectivity index (χ2n) is 6.32. The highest BCUT2D eigenvalue weighted by atomic mass is 35.5. The Labute approximate surface area is 139 Å². The number of amides is 2. The summed E-state index contributed by atoms with van der Waals surface area (Å²) in [5.41, 5.74) is 1.21. The molecule has 1 aromatic heterocycles. The van der Waals surface area contributed by atoms with Crippen LogP contribution in [-0.4, -0.2) is 51.8 Å². The zero-order valence-electron chi connectivity index (χ0n) is 12.9. The van der Waals surface area contributed by atoms with Crippen molar-refractivity contribution in [3.05, 3.63) is 35.0 Å². The van der Waals surface area contributed by atoms with E-state index in [1.807, 2.05) is 29.2 Å². The number of rotatable bonds is 1. The van der Waals surface area contributed by atoms with Crippen LogP contribution in [0.2, 0.25) is 5.02 Å². The molecule has 120 valence electrons. The topological polar surface area (TPSA) is 56.4 Å². The Kier molecular flexibility index (Phi) is 3.34. The summed E-state index contributed by atoms with van der Waals surface area (Å²) < 4.78 is 0. The van der Waals surface area contributed by atoms with Crippen molar-refractivity contribution in [1.29, 1.82) is 0 Å². The molecule has 0 radical (unpaired) electrons. The van der Waals surface area contributed by atoms with Crippen LogP contribution in [-0.2, 0) is 4.79 Å². The molecular formula is C17H18ClN3O2. The van der Waals surface area contributed by atoms with Crippen LogP contribution < -0.4 is 0 Å². The molecule has 5 nitrogen and oxygen atoms in total. The normalized spacial score (nSPS) is 24.3. The number of hydrogen-bond acceptors (Lipinski definition) is 2. The van der Waals surface area contributed by atoms with Gasteiger partial charge in [-0.25, -0.2) is 0 Å². The highest BCUT2D eigenvalue weighted by Gasteiger charge is 2.42. The van der Waals surface area contributed by atoms with E-state index < -0.39 is 6.04 Å². The van der Waals surface area contributed by atoms with Crippen LogP contribution >= 0.6 is 11.6 Å². The first kappa shape index (κ1) is 14.6. The Bertz CT molecular complexity index is 800. The lowest BCUT2D eigenvalue weighted by atomic mass is 10.1. The average Bonchev–Trinajstić information content (AvgIpc) is 3.15. The fourth-order valence-corrected chi connectivity index (χ4v) is 4.02. The van der Waals surface area contributed by atoms with Gasteiger partial charge in [0.2, 0.25) is 5.91 Å². The summed E-state index contributed by atoms with van der Waals surface area (Å²) in [6.45, 7) is 3.19. The number of halogens is 1. The molecule has 2 saturated heterocycles. The molecular weight excluding hydrogens is 314 g/mol. The number of carbonyl (C=O) groups excluding carboxylic acids is 2. The van der Waals surface area contributed by atoms with E-state index in [9.17, 15) is 9.59 Å². The number of carbonyl (C=O) groups is 2. The lowest BCUT2D eigenvalue weighted by molar-refractivity contribution is -0.141. The molecule has 2 aliphatic rings. The smallest absolute Gasteiger partial charge is 0.272 e. The number of benzene rings is 1. The number of H-pyrrole nitrogens is 1. The summed E-state index contributed by atoms with van der Waals surface area (Å²) in [6, 6.07) is 7.26. The van der Waals surface area contributed by atoms with E-state index in [0.717, 1.165) is 30.3 Å². The van der Waals surface area contributed by atoms with Gasteiger partial charge in [0.05, 0.1) is 5.02 Å². The van der Waals surface area contributed by atoms with Gasteiger partial charge in [0.1, 0.15) is 11.7 Å². The molecule has 23 heavy (non-hydrogen) atoms. The molecule has 2 amide bonds. The predicted octanol–water partition coefficient (Wildman–Crippen LogP) is 2.66. The molecule has 3 heterocycles. The molecule has 1 aromatic carbocycles. The van der Waals surface area contributed by atoms with Crippen LogP contribution in [0, 0.1) is 0 Å². The minimum absolute atomic E-state index is 0.0410. The highest BCUT2D eigenvalue weighted by molar-refractivity contribution is 6.38. The number of aromatic amines is 1. The van der Waals surface area contributed by atoms with Gasteiger partial charge >= 0.3 is 0 Å². The van der Waals surface area contributed by atoms with Gasteiger partial charge in [-0.1, -0.05) is 29.8 Å². The monoisotopic (exact) mass is 331 g/mol. The molecule has 0 unspecified atom stereocenters.